The summed E-state index contributed by atoms with van der Waals surface area (Å²) in [7, 11) is 0. The Bertz CT molecular complexity index is 615. The minimum absolute atomic E-state index is 0.00662. The van der Waals surface area contributed by atoms with Gasteiger partial charge in [0.25, 0.3) is 0 Å². The lowest BCUT2D eigenvalue weighted by atomic mass is 9.94. The van der Waals surface area contributed by atoms with Crippen molar-refractivity contribution < 1.29 is 14.6 Å². The van der Waals surface area contributed by atoms with Crippen LogP contribution in [0, 0.1) is 13.8 Å². The molecule has 0 aliphatic carbocycles. The zero-order valence-corrected chi connectivity index (χ0v) is 10.8. The van der Waals surface area contributed by atoms with Gasteiger partial charge < -0.3 is 9.84 Å². The van der Waals surface area contributed by atoms with E-state index in [9.17, 15) is 9.90 Å². The molecule has 2 aromatic carbocycles. The first kappa shape index (κ1) is 12.4. The zero-order chi connectivity index (χ0) is 13.3. The van der Waals surface area contributed by atoms with Gasteiger partial charge in [-0.2, -0.15) is 0 Å². The highest BCUT2D eigenvalue weighted by Gasteiger charge is 2.20. The molecule has 0 radical (unpaired) electrons. The SMILES string of the molecule is CCOC(=O)c1c(C)c(C)c2ccccc2c1O. The molecule has 3 nitrogen and oxygen atoms in total. The molecular weight excluding hydrogens is 228 g/mol. The maximum Gasteiger partial charge on any atom is 0.342 e. The minimum Gasteiger partial charge on any atom is -0.506 e. The molecule has 0 aliphatic rings. The Kier molecular flexibility index (Phi) is 3.24. The van der Waals surface area contributed by atoms with E-state index in [1.165, 1.54) is 0 Å². The van der Waals surface area contributed by atoms with E-state index in [1.54, 1.807) is 13.0 Å². The number of carbonyl (C=O) groups excluding carboxylic acids is 1. The summed E-state index contributed by atoms with van der Waals surface area (Å²) in [5.74, 6) is -0.464. The van der Waals surface area contributed by atoms with Gasteiger partial charge >= 0.3 is 5.97 Å². The van der Waals surface area contributed by atoms with Crippen LogP contribution in [0.2, 0.25) is 0 Å². The van der Waals surface area contributed by atoms with Gasteiger partial charge in [0, 0.05) is 5.39 Å². The molecule has 18 heavy (non-hydrogen) atoms. The van der Waals surface area contributed by atoms with Crippen LogP contribution in [0.1, 0.15) is 28.4 Å². The van der Waals surface area contributed by atoms with Gasteiger partial charge in [0.1, 0.15) is 11.3 Å². The van der Waals surface area contributed by atoms with Gasteiger partial charge in [0.2, 0.25) is 0 Å². The molecule has 2 aromatic rings. The molecule has 0 aliphatic heterocycles. The van der Waals surface area contributed by atoms with Crippen molar-refractivity contribution in [1.82, 2.24) is 0 Å². The third kappa shape index (κ3) is 1.82. The number of aromatic hydroxyl groups is 1. The largest absolute Gasteiger partial charge is 0.506 e. The normalized spacial score (nSPS) is 10.6. The zero-order valence-electron chi connectivity index (χ0n) is 10.8. The Hall–Kier alpha value is -2.03. The Labute approximate surface area is 106 Å². The number of phenolic OH excluding ortho intramolecular Hbond substituents is 1. The summed E-state index contributed by atoms with van der Waals surface area (Å²) in [6.07, 6.45) is 0. The maximum atomic E-state index is 11.9. The number of fused-ring (bicyclic) bond motifs is 1. The second-order valence-corrected chi connectivity index (χ2v) is 4.24. The van der Waals surface area contributed by atoms with Crippen molar-refractivity contribution in [2.45, 2.75) is 20.8 Å². The molecule has 0 fully saturated rings. The van der Waals surface area contributed by atoms with Crippen LogP contribution in [0.15, 0.2) is 24.3 Å². The highest BCUT2D eigenvalue weighted by atomic mass is 16.5. The number of carbonyl (C=O) groups is 1. The fourth-order valence-corrected chi connectivity index (χ4v) is 2.17. The highest BCUT2D eigenvalue weighted by molar-refractivity contribution is 6.04. The van der Waals surface area contributed by atoms with Crippen molar-refractivity contribution in [2.24, 2.45) is 0 Å². The van der Waals surface area contributed by atoms with Crippen LogP contribution < -0.4 is 0 Å². The quantitative estimate of drug-likeness (QED) is 0.824. The van der Waals surface area contributed by atoms with Crippen molar-refractivity contribution in [3.63, 3.8) is 0 Å². The molecule has 3 heteroatoms. The van der Waals surface area contributed by atoms with E-state index >= 15 is 0 Å². The first-order valence-corrected chi connectivity index (χ1v) is 5.95. The second kappa shape index (κ2) is 4.69. The van der Waals surface area contributed by atoms with E-state index in [2.05, 4.69) is 0 Å². The summed E-state index contributed by atoms with van der Waals surface area (Å²) < 4.78 is 4.99. The van der Waals surface area contributed by atoms with Gasteiger partial charge in [-0.3, -0.25) is 0 Å². The number of aryl methyl sites for hydroxylation is 1. The lowest BCUT2D eigenvalue weighted by Gasteiger charge is -2.14. The Morgan fingerprint density at radius 2 is 1.78 bits per heavy atom. The second-order valence-electron chi connectivity index (χ2n) is 4.24. The number of phenols is 1. The molecular formula is C15H16O3. The van der Waals surface area contributed by atoms with E-state index in [1.807, 2.05) is 32.0 Å². The van der Waals surface area contributed by atoms with Crippen LogP contribution in [-0.4, -0.2) is 17.7 Å². The highest BCUT2D eigenvalue weighted by Crippen LogP contribution is 2.35. The van der Waals surface area contributed by atoms with Gasteiger partial charge in [-0.1, -0.05) is 24.3 Å². The van der Waals surface area contributed by atoms with Gasteiger partial charge in [-0.05, 0) is 37.3 Å². The molecule has 2 rings (SSSR count). The summed E-state index contributed by atoms with van der Waals surface area (Å²) in [5, 5.41) is 11.9. The summed E-state index contributed by atoms with van der Waals surface area (Å²) in [6, 6.07) is 7.50. The fraction of sp³-hybridized carbons (Fsp3) is 0.267. The van der Waals surface area contributed by atoms with Crippen molar-refractivity contribution in [3.05, 3.63) is 41.0 Å². The van der Waals surface area contributed by atoms with Crippen molar-refractivity contribution in [2.75, 3.05) is 6.61 Å². The topological polar surface area (TPSA) is 46.5 Å². The number of benzene rings is 2. The lowest BCUT2D eigenvalue weighted by molar-refractivity contribution is 0.0522. The van der Waals surface area contributed by atoms with Crippen LogP contribution in [-0.2, 0) is 4.74 Å². The molecule has 1 N–H and O–H groups in total. The number of ether oxygens (including phenoxy) is 1. The van der Waals surface area contributed by atoms with Crippen LogP contribution in [0.4, 0.5) is 0 Å². The van der Waals surface area contributed by atoms with E-state index in [0.717, 1.165) is 16.5 Å². The summed E-state index contributed by atoms with van der Waals surface area (Å²) in [6.45, 7) is 5.81. The molecule has 0 atom stereocenters. The standard InChI is InChI=1S/C15H16O3/c1-4-18-15(17)13-10(3)9(2)11-7-5-6-8-12(11)14(13)16/h5-8,16H,4H2,1-3H3. The number of rotatable bonds is 2. The summed E-state index contributed by atoms with van der Waals surface area (Å²) in [5.41, 5.74) is 2.03. The Morgan fingerprint density at radius 1 is 1.17 bits per heavy atom. The minimum atomic E-state index is -0.471. The van der Waals surface area contributed by atoms with E-state index in [4.69, 9.17) is 4.74 Å². The first-order chi connectivity index (χ1) is 8.57. The van der Waals surface area contributed by atoms with E-state index in [0.29, 0.717) is 12.0 Å². The predicted octanol–water partition coefficient (Wildman–Crippen LogP) is 3.34. The molecule has 0 aromatic heterocycles. The number of esters is 1. The molecule has 0 saturated carbocycles. The van der Waals surface area contributed by atoms with E-state index < -0.39 is 5.97 Å². The third-order valence-electron chi connectivity index (χ3n) is 3.24. The molecule has 0 amide bonds. The monoisotopic (exact) mass is 244 g/mol. The lowest BCUT2D eigenvalue weighted by Crippen LogP contribution is -2.08. The van der Waals surface area contributed by atoms with Gasteiger partial charge in [-0.15, -0.1) is 0 Å². The van der Waals surface area contributed by atoms with Crippen LogP contribution in [0.25, 0.3) is 10.8 Å². The van der Waals surface area contributed by atoms with Crippen LogP contribution in [0.5, 0.6) is 5.75 Å². The third-order valence-corrected chi connectivity index (χ3v) is 3.24. The first-order valence-electron chi connectivity index (χ1n) is 5.95. The number of hydrogen-bond acceptors (Lipinski definition) is 3. The average molecular weight is 244 g/mol. The maximum absolute atomic E-state index is 11.9. The predicted molar refractivity (Wildman–Crippen MR) is 71.0 cm³/mol. The Balaban J connectivity index is 2.78. The average Bonchev–Trinajstić information content (AvgIpc) is 2.37. The molecule has 0 spiro atoms. The van der Waals surface area contributed by atoms with Gasteiger partial charge in [0.15, 0.2) is 0 Å². The van der Waals surface area contributed by atoms with Crippen LogP contribution in [0.3, 0.4) is 0 Å². The van der Waals surface area contributed by atoms with Crippen molar-refractivity contribution >= 4 is 16.7 Å². The fourth-order valence-electron chi connectivity index (χ4n) is 2.17. The summed E-state index contributed by atoms with van der Waals surface area (Å²) in [4.78, 5) is 11.9. The molecule has 94 valence electrons. The molecule has 0 unspecified atom stereocenters. The molecule has 0 saturated heterocycles. The van der Waals surface area contributed by atoms with Gasteiger partial charge in [0.05, 0.1) is 6.61 Å². The van der Waals surface area contributed by atoms with Crippen molar-refractivity contribution in [1.29, 1.82) is 0 Å². The van der Waals surface area contributed by atoms with Crippen LogP contribution >= 0.6 is 0 Å². The van der Waals surface area contributed by atoms with Crippen molar-refractivity contribution in [3.8, 4) is 5.75 Å². The molecule has 0 heterocycles. The Morgan fingerprint density at radius 3 is 2.39 bits per heavy atom. The van der Waals surface area contributed by atoms with Gasteiger partial charge in [-0.25, -0.2) is 4.79 Å². The number of hydrogen-bond donors (Lipinski definition) is 1. The molecule has 0 bridgehead atoms. The summed E-state index contributed by atoms with van der Waals surface area (Å²) >= 11 is 0. The van der Waals surface area contributed by atoms with E-state index in [-0.39, 0.29) is 11.3 Å². The smallest absolute Gasteiger partial charge is 0.342 e.